The lowest BCUT2D eigenvalue weighted by Gasteiger charge is -2.37. The van der Waals surface area contributed by atoms with Crippen LogP contribution in [-0.4, -0.2) is 47.9 Å². The van der Waals surface area contributed by atoms with E-state index in [1.807, 2.05) is 10.3 Å². The lowest BCUT2D eigenvalue weighted by atomic mass is 10.0. The van der Waals surface area contributed by atoms with Crippen LogP contribution in [0.15, 0.2) is 29.6 Å². The van der Waals surface area contributed by atoms with Gasteiger partial charge in [0.1, 0.15) is 10.8 Å². The van der Waals surface area contributed by atoms with Gasteiger partial charge in [0.2, 0.25) is 5.91 Å². The monoisotopic (exact) mass is 376 g/mol. The van der Waals surface area contributed by atoms with Crippen LogP contribution in [-0.2, 0) is 20.7 Å². The highest BCUT2D eigenvalue weighted by Gasteiger charge is 2.40. The Bertz CT molecular complexity index is 761. The molecular formula is C19H21FN2O3S. The van der Waals surface area contributed by atoms with Crippen LogP contribution in [0.5, 0.6) is 0 Å². The average Bonchev–Trinajstić information content (AvgIpc) is 3.31. The van der Waals surface area contributed by atoms with Gasteiger partial charge in [0.05, 0.1) is 18.9 Å². The minimum Gasteiger partial charge on any atom is -0.347 e. The molecule has 0 radical (unpaired) electrons. The van der Waals surface area contributed by atoms with Crippen molar-refractivity contribution in [2.24, 2.45) is 0 Å². The molecule has 2 aromatic rings. The van der Waals surface area contributed by atoms with Crippen molar-refractivity contribution in [2.45, 2.75) is 31.5 Å². The normalized spacial score (nSPS) is 19.2. The number of ether oxygens (including phenoxy) is 2. The number of piperidine rings is 1. The zero-order chi connectivity index (χ0) is 18.0. The number of likely N-dealkylation sites (tertiary alicyclic amines) is 1. The van der Waals surface area contributed by atoms with E-state index in [-0.39, 0.29) is 11.7 Å². The van der Waals surface area contributed by atoms with Gasteiger partial charge in [-0.2, -0.15) is 0 Å². The van der Waals surface area contributed by atoms with E-state index in [2.05, 4.69) is 4.98 Å². The predicted molar refractivity (Wildman–Crippen MR) is 96.3 cm³/mol. The molecule has 1 spiro atoms. The van der Waals surface area contributed by atoms with Crippen LogP contribution >= 0.6 is 11.3 Å². The van der Waals surface area contributed by atoms with E-state index < -0.39 is 5.79 Å². The number of rotatable bonds is 4. The molecule has 0 N–H and O–H groups in total. The van der Waals surface area contributed by atoms with Crippen molar-refractivity contribution < 1.29 is 18.7 Å². The first kappa shape index (κ1) is 17.6. The summed E-state index contributed by atoms with van der Waals surface area (Å²) < 4.78 is 24.4. The fourth-order valence-electron chi connectivity index (χ4n) is 3.42. The first-order valence-corrected chi connectivity index (χ1v) is 9.78. The molecular weight excluding hydrogens is 355 g/mol. The fraction of sp³-hybridized carbons (Fsp3) is 0.474. The highest BCUT2D eigenvalue weighted by atomic mass is 32.1. The molecule has 0 aliphatic carbocycles. The molecule has 0 unspecified atom stereocenters. The third-order valence-corrected chi connectivity index (χ3v) is 5.87. The summed E-state index contributed by atoms with van der Waals surface area (Å²) in [6.45, 7) is 2.65. The van der Waals surface area contributed by atoms with Crippen molar-refractivity contribution in [3.05, 3.63) is 41.2 Å². The number of nitrogens with zero attached hydrogens (tertiary/aromatic N) is 2. The highest BCUT2D eigenvalue weighted by molar-refractivity contribution is 7.13. The molecule has 1 aromatic heterocycles. The molecule has 2 aliphatic heterocycles. The molecule has 138 valence electrons. The SMILES string of the molecule is O=C(CCc1csc(-c2ccc(F)cc2)n1)N1CCC2(CC1)OCCO2. The zero-order valence-electron chi connectivity index (χ0n) is 14.4. The quantitative estimate of drug-likeness (QED) is 0.822. The molecule has 4 rings (SSSR count). The highest BCUT2D eigenvalue weighted by Crippen LogP contribution is 2.31. The van der Waals surface area contributed by atoms with E-state index in [0.29, 0.717) is 39.1 Å². The number of hydrogen-bond donors (Lipinski definition) is 0. The molecule has 5 nitrogen and oxygen atoms in total. The molecule has 26 heavy (non-hydrogen) atoms. The van der Waals surface area contributed by atoms with Gasteiger partial charge in [0.25, 0.3) is 0 Å². The minimum atomic E-state index is -0.449. The molecule has 0 bridgehead atoms. The summed E-state index contributed by atoms with van der Waals surface area (Å²) in [5.41, 5.74) is 1.80. The molecule has 1 amide bonds. The molecule has 3 heterocycles. The van der Waals surface area contributed by atoms with Crippen molar-refractivity contribution >= 4 is 17.2 Å². The van der Waals surface area contributed by atoms with Crippen molar-refractivity contribution in [1.82, 2.24) is 9.88 Å². The Morgan fingerprint density at radius 2 is 1.88 bits per heavy atom. The van der Waals surface area contributed by atoms with Gasteiger partial charge in [-0.25, -0.2) is 9.37 Å². The second-order valence-electron chi connectivity index (χ2n) is 6.64. The third-order valence-electron chi connectivity index (χ3n) is 4.93. The van der Waals surface area contributed by atoms with Gasteiger partial charge >= 0.3 is 0 Å². The van der Waals surface area contributed by atoms with Crippen LogP contribution in [0.1, 0.15) is 25.0 Å². The largest absolute Gasteiger partial charge is 0.347 e. The van der Waals surface area contributed by atoms with E-state index in [9.17, 15) is 9.18 Å². The number of benzene rings is 1. The molecule has 1 aromatic carbocycles. The molecule has 2 fully saturated rings. The maximum atomic E-state index is 13.0. The third kappa shape index (κ3) is 3.79. The standard InChI is InChI=1S/C19H21FN2O3S/c20-15-3-1-14(2-4-15)18-21-16(13-26-18)5-6-17(23)22-9-7-19(8-10-22)24-11-12-25-19/h1-4,13H,5-12H2. The Balaban J connectivity index is 1.29. The molecule has 0 saturated carbocycles. The summed E-state index contributed by atoms with van der Waals surface area (Å²) in [5, 5.41) is 2.82. The van der Waals surface area contributed by atoms with Gasteiger partial charge in [-0.1, -0.05) is 0 Å². The molecule has 2 saturated heterocycles. The van der Waals surface area contributed by atoms with E-state index in [0.717, 1.165) is 29.1 Å². The van der Waals surface area contributed by atoms with Crippen LogP contribution in [0.4, 0.5) is 4.39 Å². The lowest BCUT2D eigenvalue weighted by Crippen LogP contribution is -2.47. The van der Waals surface area contributed by atoms with Crippen molar-refractivity contribution in [2.75, 3.05) is 26.3 Å². The van der Waals surface area contributed by atoms with E-state index in [1.165, 1.54) is 23.5 Å². The first-order chi connectivity index (χ1) is 12.6. The maximum Gasteiger partial charge on any atom is 0.222 e. The minimum absolute atomic E-state index is 0.147. The number of carbonyl (C=O) groups is 1. The summed E-state index contributed by atoms with van der Waals surface area (Å²) in [7, 11) is 0. The lowest BCUT2D eigenvalue weighted by molar-refractivity contribution is -0.187. The predicted octanol–water partition coefficient (Wildman–Crippen LogP) is 3.25. The summed E-state index contributed by atoms with van der Waals surface area (Å²) in [6.07, 6.45) is 2.54. The number of halogens is 1. The van der Waals surface area contributed by atoms with Gasteiger partial charge in [0, 0.05) is 43.3 Å². The van der Waals surface area contributed by atoms with Gasteiger partial charge in [-0.05, 0) is 30.7 Å². The van der Waals surface area contributed by atoms with Gasteiger partial charge in [0.15, 0.2) is 5.79 Å². The Kier molecular flexibility index (Phi) is 5.02. The Morgan fingerprint density at radius 3 is 2.58 bits per heavy atom. The molecule has 7 heteroatoms. The summed E-state index contributed by atoms with van der Waals surface area (Å²) >= 11 is 1.52. The molecule has 2 aliphatic rings. The number of aryl methyl sites for hydroxylation is 1. The maximum absolute atomic E-state index is 13.0. The Hall–Kier alpha value is -1.83. The van der Waals surface area contributed by atoms with Crippen LogP contribution in [0, 0.1) is 5.82 Å². The summed E-state index contributed by atoms with van der Waals surface area (Å²) in [4.78, 5) is 18.9. The smallest absolute Gasteiger partial charge is 0.222 e. The Morgan fingerprint density at radius 1 is 1.19 bits per heavy atom. The van der Waals surface area contributed by atoms with Crippen molar-refractivity contribution in [3.63, 3.8) is 0 Å². The van der Waals surface area contributed by atoms with Gasteiger partial charge in [-0.15, -0.1) is 11.3 Å². The van der Waals surface area contributed by atoms with Crippen LogP contribution in [0.2, 0.25) is 0 Å². The van der Waals surface area contributed by atoms with Crippen LogP contribution < -0.4 is 0 Å². The van der Waals surface area contributed by atoms with Gasteiger partial charge < -0.3 is 14.4 Å². The van der Waals surface area contributed by atoms with Crippen LogP contribution in [0.3, 0.4) is 0 Å². The Labute approximate surface area is 155 Å². The second-order valence-corrected chi connectivity index (χ2v) is 7.50. The summed E-state index contributed by atoms with van der Waals surface area (Å²) in [6, 6.07) is 6.31. The summed E-state index contributed by atoms with van der Waals surface area (Å²) in [5.74, 6) is -0.558. The number of thiazole rings is 1. The number of hydrogen-bond acceptors (Lipinski definition) is 5. The number of aromatic nitrogens is 1. The second kappa shape index (κ2) is 7.42. The molecule has 0 atom stereocenters. The number of amides is 1. The van der Waals surface area contributed by atoms with E-state index >= 15 is 0 Å². The zero-order valence-corrected chi connectivity index (χ0v) is 15.3. The van der Waals surface area contributed by atoms with Crippen LogP contribution in [0.25, 0.3) is 10.6 Å². The van der Waals surface area contributed by atoms with Gasteiger partial charge in [-0.3, -0.25) is 4.79 Å². The average molecular weight is 376 g/mol. The van der Waals surface area contributed by atoms with E-state index in [1.54, 1.807) is 12.1 Å². The first-order valence-electron chi connectivity index (χ1n) is 8.90. The topological polar surface area (TPSA) is 51.7 Å². The van der Waals surface area contributed by atoms with E-state index in [4.69, 9.17) is 9.47 Å². The number of carbonyl (C=O) groups excluding carboxylic acids is 1. The van der Waals surface area contributed by atoms with Crippen molar-refractivity contribution in [3.8, 4) is 10.6 Å². The fourth-order valence-corrected chi connectivity index (χ4v) is 4.28. The van der Waals surface area contributed by atoms with Crippen molar-refractivity contribution in [1.29, 1.82) is 0 Å².